The van der Waals surface area contributed by atoms with E-state index in [1.807, 2.05) is 19.9 Å². The monoisotopic (exact) mass is 462 g/mol. The van der Waals surface area contributed by atoms with Crippen molar-refractivity contribution in [2.45, 2.75) is 18.7 Å². The minimum atomic E-state index is -3.73. The van der Waals surface area contributed by atoms with Crippen LogP contribution in [0.5, 0.6) is 0 Å². The molecule has 0 radical (unpaired) electrons. The number of aromatic nitrogens is 4. The van der Waals surface area contributed by atoms with Crippen molar-refractivity contribution in [2.24, 2.45) is 7.05 Å². The minimum absolute atomic E-state index is 0.186. The van der Waals surface area contributed by atoms with E-state index in [0.717, 1.165) is 16.7 Å². The van der Waals surface area contributed by atoms with Gasteiger partial charge in [0, 0.05) is 29.5 Å². The molecule has 1 heterocycles. The molecule has 0 aliphatic rings. The smallest absolute Gasteiger partial charge is 0.261 e. The third-order valence-corrected chi connectivity index (χ3v) is 6.57. The molecule has 0 bridgehead atoms. The van der Waals surface area contributed by atoms with E-state index < -0.39 is 10.0 Å². The Bertz CT molecular complexity index is 1430. The topological polar surface area (TPSA) is 119 Å². The van der Waals surface area contributed by atoms with Crippen molar-refractivity contribution in [1.29, 1.82) is 0 Å². The molecular weight excluding hydrogens is 440 g/mol. The highest BCUT2D eigenvalue weighted by Crippen LogP contribution is 2.22. The first-order valence-corrected chi connectivity index (χ1v) is 11.6. The highest BCUT2D eigenvalue weighted by atomic mass is 32.2. The molecule has 0 saturated heterocycles. The molecule has 0 aliphatic carbocycles. The third-order valence-electron chi connectivity index (χ3n) is 5.19. The number of aryl methyl sites for hydroxylation is 3. The average Bonchev–Trinajstić information content (AvgIpc) is 3.22. The second-order valence-electron chi connectivity index (χ2n) is 7.59. The number of benzene rings is 3. The lowest BCUT2D eigenvalue weighted by Crippen LogP contribution is -2.14. The Morgan fingerprint density at radius 2 is 1.67 bits per heavy atom. The van der Waals surface area contributed by atoms with Crippen molar-refractivity contribution in [1.82, 2.24) is 20.2 Å². The number of tetrazole rings is 1. The predicted octanol–water partition coefficient (Wildman–Crippen LogP) is 3.55. The number of sulfonamides is 1. The highest BCUT2D eigenvalue weighted by Gasteiger charge is 2.16. The normalized spacial score (nSPS) is 11.2. The van der Waals surface area contributed by atoms with Crippen LogP contribution in [0.3, 0.4) is 0 Å². The van der Waals surface area contributed by atoms with Gasteiger partial charge >= 0.3 is 0 Å². The van der Waals surface area contributed by atoms with E-state index >= 15 is 0 Å². The number of carbonyl (C=O) groups is 1. The summed E-state index contributed by atoms with van der Waals surface area (Å²) in [4.78, 5) is 12.9. The molecule has 0 saturated carbocycles. The van der Waals surface area contributed by atoms with Gasteiger partial charge < -0.3 is 5.32 Å². The van der Waals surface area contributed by atoms with Gasteiger partial charge in [0.1, 0.15) is 0 Å². The van der Waals surface area contributed by atoms with Crippen LogP contribution in [0.25, 0.3) is 11.4 Å². The van der Waals surface area contributed by atoms with Gasteiger partial charge in [-0.05, 0) is 83.9 Å². The highest BCUT2D eigenvalue weighted by molar-refractivity contribution is 7.92. The second kappa shape index (κ2) is 8.83. The molecule has 33 heavy (non-hydrogen) atoms. The number of nitrogens with zero attached hydrogens (tertiary/aromatic N) is 4. The molecule has 2 N–H and O–H groups in total. The summed E-state index contributed by atoms with van der Waals surface area (Å²) in [7, 11) is -2.00. The lowest BCUT2D eigenvalue weighted by Gasteiger charge is -2.11. The Labute approximate surface area is 191 Å². The number of carbonyl (C=O) groups excluding carboxylic acids is 1. The third kappa shape index (κ3) is 4.90. The standard InChI is InChI=1S/C23H22N6O3S/c1-15-7-12-21(13-16(15)2)33(31,32)26-19-10-8-17(9-11-19)23(30)24-20-6-4-5-18(14-20)22-25-27-28-29(22)3/h4-14,26H,1-3H3,(H,24,30). The Hall–Kier alpha value is -4.05. The summed E-state index contributed by atoms with van der Waals surface area (Å²) in [6.07, 6.45) is 0. The van der Waals surface area contributed by atoms with Crippen LogP contribution in [0, 0.1) is 13.8 Å². The maximum atomic E-state index is 12.7. The van der Waals surface area contributed by atoms with Crippen LogP contribution < -0.4 is 10.0 Å². The van der Waals surface area contributed by atoms with Gasteiger partial charge in [0.25, 0.3) is 15.9 Å². The van der Waals surface area contributed by atoms with Crippen molar-refractivity contribution in [3.8, 4) is 11.4 Å². The van der Waals surface area contributed by atoms with Gasteiger partial charge in [-0.25, -0.2) is 13.1 Å². The van der Waals surface area contributed by atoms with Crippen molar-refractivity contribution in [3.05, 3.63) is 83.4 Å². The fraction of sp³-hybridized carbons (Fsp3) is 0.130. The second-order valence-corrected chi connectivity index (χ2v) is 9.27. The molecule has 0 aliphatic heterocycles. The first-order chi connectivity index (χ1) is 15.7. The molecule has 10 heteroatoms. The van der Waals surface area contributed by atoms with Gasteiger partial charge in [-0.15, -0.1) is 5.10 Å². The molecule has 4 aromatic rings. The summed E-state index contributed by atoms with van der Waals surface area (Å²) >= 11 is 0. The van der Waals surface area contributed by atoms with E-state index in [0.29, 0.717) is 22.8 Å². The van der Waals surface area contributed by atoms with Crippen molar-refractivity contribution < 1.29 is 13.2 Å². The van der Waals surface area contributed by atoms with Crippen molar-refractivity contribution in [3.63, 3.8) is 0 Å². The molecule has 168 valence electrons. The summed E-state index contributed by atoms with van der Waals surface area (Å²) < 4.78 is 29.4. The molecule has 9 nitrogen and oxygen atoms in total. The molecule has 0 atom stereocenters. The molecule has 1 amide bonds. The van der Waals surface area contributed by atoms with Crippen molar-refractivity contribution in [2.75, 3.05) is 10.0 Å². The number of hydrogen-bond donors (Lipinski definition) is 2. The summed E-state index contributed by atoms with van der Waals surface area (Å²) in [5.41, 5.74) is 4.00. The quantitative estimate of drug-likeness (QED) is 0.452. The van der Waals surface area contributed by atoms with Crippen LogP contribution in [0.1, 0.15) is 21.5 Å². The lowest BCUT2D eigenvalue weighted by atomic mass is 10.1. The van der Waals surface area contributed by atoms with E-state index in [-0.39, 0.29) is 10.8 Å². The minimum Gasteiger partial charge on any atom is -0.322 e. The van der Waals surface area contributed by atoms with Crippen LogP contribution in [-0.2, 0) is 17.1 Å². The summed E-state index contributed by atoms with van der Waals surface area (Å²) in [6.45, 7) is 3.79. The zero-order valence-corrected chi connectivity index (χ0v) is 19.1. The first kappa shape index (κ1) is 22.2. The van der Waals surface area contributed by atoms with Gasteiger partial charge in [-0.3, -0.25) is 9.52 Å². The number of amides is 1. The maximum absolute atomic E-state index is 12.7. The Morgan fingerprint density at radius 3 is 2.33 bits per heavy atom. The van der Waals surface area contributed by atoms with E-state index in [2.05, 4.69) is 25.6 Å². The van der Waals surface area contributed by atoms with Gasteiger partial charge in [0.05, 0.1) is 4.90 Å². The van der Waals surface area contributed by atoms with Crippen LogP contribution in [0.15, 0.2) is 71.6 Å². The zero-order valence-electron chi connectivity index (χ0n) is 18.3. The fourth-order valence-electron chi connectivity index (χ4n) is 3.20. The number of anilines is 2. The molecule has 4 rings (SSSR count). The van der Waals surface area contributed by atoms with Crippen LogP contribution >= 0.6 is 0 Å². The van der Waals surface area contributed by atoms with Gasteiger partial charge in [-0.1, -0.05) is 18.2 Å². The van der Waals surface area contributed by atoms with Gasteiger partial charge in [-0.2, -0.15) is 0 Å². The van der Waals surface area contributed by atoms with Crippen molar-refractivity contribution >= 4 is 27.3 Å². The summed E-state index contributed by atoms with van der Waals surface area (Å²) in [5, 5.41) is 14.2. The first-order valence-electron chi connectivity index (χ1n) is 10.1. The number of nitrogens with one attached hydrogen (secondary N) is 2. The molecular formula is C23H22N6O3S. The summed E-state index contributed by atoms with van der Waals surface area (Å²) in [6, 6.07) is 18.4. The van der Waals surface area contributed by atoms with Crippen LogP contribution in [-0.4, -0.2) is 34.5 Å². The number of hydrogen-bond acceptors (Lipinski definition) is 6. The molecule has 3 aromatic carbocycles. The Kier molecular flexibility index (Phi) is 5.93. The molecule has 0 fully saturated rings. The lowest BCUT2D eigenvalue weighted by molar-refractivity contribution is 0.102. The number of rotatable bonds is 6. The molecule has 1 aromatic heterocycles. The van der Waals surface area contributed by atoms with E-state index in [4.69, 9.17) is 0 Å². The van der Waals surface area contributed by atoms with E-state index in [1.165, 1.54) is 0 Å². The predicted molar refractivity (Wildman–Crippen MR) is 125 cm³/mol. The zero-order chi connectivity index (χ0) is 23.6. The van der Waals surface area contributed by atoms with Crippen LogP contribution in [0.2, 0.25) is 0 Å². The maximum Gasteiger partial charge on any atom is 0.261 e. The molecule has 0 spiro atoms. The average molecular weight is 463 g/mol. The SMILES string of the molecule is Cc1ccc(S(=O)(=O)Nc2ccc(C(=O)Nc3cccc(-c4nnnn4C)c3)cc2)cc1C. The Morgan fingerprint density at radius 1 is 0.909 bits per heavy atom. The summed E-state index contributed by atoms with van der Waals surface area (Å²) in [5.74, 6) is 0.248. The van der Waals surface area contributed by atoms with E-state index in [9.17, 15) is 13.2 Å². The van der Waals surface area contributed by atoms with Gasteiger partial charge in [0.2, 0.25) is 0 Å². The largest absolute Gasteiger partial charge is 0.322 e. The fourth-order valence-corrected chi connectivity index (χ4v) is 4.34. The molecule has 0 unspecified atom stereocenters. The Balaban J connectivity index is 1.46. The van der Waals surface area contributed by atoms with Gasteiger partial charge in [0.15, 0.2) is 5.82 Å². The van der Waals surface area contributed by atoms with E-state index in [1.54, 1.807) is 72.4 Å². The van der Waals surface area contributed by atoms with Crippen LogP contribution in [0.4, 0.5) is 11.4 Å².